The van der Waals surface area contributed by atoms with Crippen molar-refractivity contribution in [2.24, 2.45) is 5.92 Å². The number of nitrogens with two attached hydrogens (primary N) is 1. The average molecular weight is 951 g/mol. The number of fused-ring (bicyclic) bond motifs is 1. The van der Waals surface area contributed by atoms with E-state index in [1.54, 1.807) is 34.1 Å². The molecule has 0 bridgehead atoms. The molecule has 20 nitrogen and oxygen atoms in total. The van der Waals surface area contributed by atoms with Crippen LogP contribution in [0.1, 0.15) is 82.5 Å². The van der Waals surface area contributed by atoms with E-state index in [0.717, 1.165) is 37.8 Å². The van der Waals surface area contributed by atoms with Gasteiger partial charge in [-0.3, -0.25) is 24.6 Å². The number of halogens is 2. The number of nitrogens with zero attached hydrogens (tertiary/aromatic N) is 12. The second kappa shape index (κ2) is 18.2. The van der Waals surface area contributed by atoms with Crippen LogP contribution >= 0.6 is 0 Å². The van der Waals surface area contributed by atoms with Crippen molar-refractivity contribution in [2.45, 2.75) is 82.7 Å². The number of hydrogen-bond donors (Lipinski definition) is 2. The fraction of sp³-hybridized carbons (Fsp3) is 0.532. The molecule has 4 amide bonds. The summed E-state index contributed by atoms with van der Waals surface area (Å²) < 4.78 is 44.1. The summed E-state index contributed by atoms with van der Waals surface area (Å²) in [6.07, 6.45) is 8.35. The Morgan fingerprint density at radius 1 is 0.899 bits per heavy atom. The molecule has 0 unspecified atom stereocenters. The number of piperazine rings is 1. The number of ether oxygens (including phenoxy) is 1. The number of carbonyl (C=O) groups excluding carboxylic acids is 4. The topological polar surface area (TPSA) is 227 Å². The third-order valence-corrected chi connectivity index (χ3v) is 14.1. The van der Waals surface area contributed by atoms with Crippen LogP contribution in [0.3, 0.4) is 0 Å². The fourth-order valence-electron chi connectivity index (χ4n) is 9.91. The second-order valence-corrected chi connectivity index (χ2v) is 19.9. The van der Waals surface area contributed by atoms with Crippen LogP contribution in [0.5, 0.6) is 0 Å². The van der Waals surface area contributed by atoms with Gasteiger partial charge in [0.2, 0.25) is 11.8 Å². The van der Waals surface area contributed by atoms with Gasteiger partial charge in [0.15, 0.2) is 35.5 Å². The van der Waals surface area contributed by atoms with Gasteiger partial charge in [0, 0.05) is 102 Å². The maximum absolute atomic E-state index is 15.4. The van der Waals surface area contributed by atoms with E-state index in [-0.39, 0.29) is 60.3 Å². The van der Waals surface area contributed by atoms with Crippen molar-refractivity contribution < 1.29 is 37.2 Å². The average Bonchev–Trinajstić information content (AvgIpc) is 3.92. The Bertz CT molecular complexity index is 2760. The molecule has 4 saturated heterocycles. The number of nitrogen functional groups attached to an aromatic ring is 1. The molecule has 4 aromatic heterocycles. The third kappa shape index (κ3) is 9.13. The molecule has 1 aromatic carbocycles. The zero-order valence-corrected chi connectivity index (χ0v) is 39.2. The van der Waals surface area contributed by atoms with Crippen LogP contribution < -0.4 is 20.9 Å². The van der Waals surface area contributed by atoms with Crippen molar-refractivity contribution >= 4 is 52.0 Å². The van der Waals surface area contributed by atoms with Gasteiger partial charge in [-0.25, -0.2) is 38.2 Å². The number of carbonyl (C=O) groups is 4. The molecule has 1 saturated carbocycles. The van der Waals surface area contributed by atoms with E-state index in [0.29, 0.717) is 97.8 Å². The number of rotatable bonds is 11. The Hall–Kier alpha value is -6.84. The molecule has 364 valence electrons. The first kappa shape index (κ1) is 45.9. The molecule has 1 atom stereocenters. The van der Waals surface area contributed by atoms with E-state index in [4.69, 9.17) is 30.1 Å². The first-order chi connectivity index (χ1) is 33.1. The fourth-order valence-corrected chi connectivity index (χ4v) is 9.91. The van der Waals surface area contributed by atoms with E-state index >= 15 is 8.78 Å². The molecule has 5 aliphatic rings. The summed E-state index contributed by atoms with van der Waals surface area (Å²) in [5.74, 6) is -0.509. The van der Waals surface area contributed by atoms with Gasteiger partial charge in [-0.2, -0.15) is 5.10 Å². The highest BCUT2D eigenvalue weighted by Gasteiger charge is 2.39. The minimum atomic E-state index is -0.701. The predicted molar refractivity (Wildman–Crippen MR) is 248 cm³/mol. The van der Waals surface area contributed by atoms with E-state index in [1.165, 1.54) is 23.4 Å². The van der Waals surface area contributed by atoms with Gasteiger partial charge in [0.1, 0.15) is 35.3 Å². The lowest BCUT2D eigenvalue weighted by Crippen LogP contribution is -2.51. The Morgan fingerprint density at radius 3 is 2.25 bits per heavy atom. The molecule has 22 heteroatoms. The Balaban J connectivity index is 0.671. The first-order valence-electron chi connectivity index (χ1n) is 23.7. The van der Waals surface area contributed by atoms with Gasteiger partial charge in [-0.15, -0.1) is 0 Å². The summed E-state index contributed by atoms with van der Waals surface area (Å²) in [5.41, 5.74) is 9.20. The van der Waals surface area contributed by atoms with Crippen LogP contribution in [0.25, 0.3) is 33.8 Å². The van der Waals surface area contributed by atoms with Crippen LogP contribution in [0.4, 0.5) is 30.8 Å². The lowest BCUT2D eigenvalue weighted by Gasteiger charge is -2.40. The first-order valence-corrected chi connectivity index (χ1v) is 23.7. The largest absolute Gasteiger partial charge is 0.439 e. The summed E-state index contributed by atoms with van der Waals surface area (Å²) >= 11 is 0. The molecule has 0 radical (unpaired) electrons. The number of piperidine rings is 2. The van der Waals surface area contributed by atoms with Gasteiger partial charge in [0.25, 0.3) is 5.91 Å². The Kier molecular flexibility index (Phi) is 12.1. The van der Waals surface area contributed by atoms with Crippen LogP contribution in [-0.2, 0) is 24.7 Å². The Labute approximate surface area is 396 Å². The molecule has 3 N–H and O–H groups in total. The molecular formula is C47H56F2N14O6. The third-order valence-electron chi connectivity index (χ3n) is 14.1. The molecule has 0 spiro atoms. The maximum atomic E-state index is 15.4. The highest BCUT2D eigenvalue weighted by atomic mass is 19.1. The van der Waals surface area contributed by atoms with Crippen molar-refractivity contribution in [2.75, 3.05) is 88.1 Å². The summed E-state index contributed by atoms with van der Waals surface area (Å²) in [4.78, 5) is 77.1. The summed E-state index contributed by atoms with van der Waals surface area (Å²) in [6.45, 7) is 10.6. The minimum absolute atomic E-state index is 0.00722. The summed E-state index contributed by atoms with van der Waals surface area (Å²) in [7, 11) is 1.59. The van der Waals surface area contributed by atoms with Crippen molar-refractivity contribution in [3.05, 3.63) is 53.8 Å². The number of amides is 4. The smallest absolute Gasteiger partial charge is 0.410 e. The summed E-state index contributed by atoms with van der Waals surface area (Å²) in [6, 6.07) is 1.79. The number of anilines is 3. The van der Waals surface area contributed by atoms with Gasteiger partial charge in [-0.05, 0) is 76.5 Å². The monoisotopic (exact) mass is 950 g/mol. The van der Waals surface area contributed by atoms with Gasteiger partial charge < -0.3 is 34.6 Å². The zero-order valence-electron chi connectivity index (χ0n) is 39.2. The molecule has 69 heavy (non-hydrogen) atoms. The number of hydrogen-bond acceptors (Lipinski definition) is 16. The van der Waals surface area contributed by atoms with E-state index in [2.05, 4.69) is 25.3 Å². The van der Waals surface area contributed by atoms with Crippen LogP contribution in [-0.4, -0.2) is 152 Å². The van der Waals surface area contributed by atoms with E-state index < -0.39 is 35.2 Å². The molecule has 4 aliphatic heterocycles. The standard InChI is InChI=1S/C47H56F2N14O6/c1-47(2,3)63-44-37(42(50)53-25-54-44)38(56-63)39-36(41(69-57-39)27-5-6-27)43-51-19-28(20-52-43)29-22-62(23-29)46(67)68-24-35(65)60-11-9-26(10-12-60)21-59-13-15-61(16-14-59)40-31(48)17-30(18-32(40)49)58(4)33-7-8-34(64)55-45(33)66/h17-20,25-27,29,33H,5-16,21-24H2,1-4H3,(H2,50,53,54)(H,55,64,66)/t33-/m1/s1. The summed E-state index contributed by atoms with van der Waals surface area (Å²) in [5, 5.41) is 12.3. The normalized spacial score (nSPS) is 19.8. The number of imide groups is 1. The predicted octanol–water partition coefficient (Wildman–Crippen LogP) is 4.27. The quantitative estimate of drug-likeness (QED) is 0.176. The van der Waals surface area contributed by atoms with Crippen LogP contribution in [0.15, 0.2) is 35.4 Å². The number of benzene rings is 1. The SMILES string of the molecule is CN(c1cc(F)c(N2CCN(CC3CCN(C(=O)COC(=O)N4CC(c5cnc(-c6c(-c7nn(C(C)(C)C)c8ncnc(N)c78)noc6C6CC6)nc5)C4)CC3)CC2)c(F)c1)[C@@H]1CCC(=O)NC1=O. The molecule has 8 heterocycles. The lowest BCUT2D eigenvalue weighted by molar-refractivity contribution is -0.136. The van der Waals surface area contributed by atoms with Crippen molar-refractivity contribution in [1.82, 2.24) is 54.9 Å². The van der Waals surface area contributed by atoms with Gasteiger partial charge in [-0.1, -0.05) is 5.16 Å². The van der Waals surface area contributed by atoms with Crippen molar-refractivity contribution in [1.29, 1.82) is 0 Å². The van der Waals surface area contributed by atoms with E-state index in [9.17, 15) is 19.2 Å². The molecule has 10 rings (SSSR count). The van der Waals surface area contributed by atoms with Crippen molar-refractivity contribution in [3.8, 4) is 22.8 Å². The lowest BCUT2D eigenvalue weighted by atomic mass is 9.94. The maximum Gasteiger partial charge on any atom is 0.410 e. The highest BCUT2D eigenvalue weighted by molar-refractivity contribution is 6.02. The second-order valence-electron chi connectivity index (χ2n) is 19.9. The van der Waals surface area contributed by atoms with E-state index in [1.807, 2.05) is 25.5 Å². The number of likely N-dealkylation sites (N-methyl/N-ethyl adjacent to an activating group) is 1. The van der Waals surface area contributed by atoms with Crippen LogP contribution in [0.2, 0.25) is 0 Å². The number of likely N-dealkylation sites (tertiary alicyclic amines) is 2. The molecule has 5 aromatic rings. The number of nitrogens with one attached hydrogen (secondary N) is 1. The highest BCUT2D eigenvalue weighted by Crippen LogP contribution is 2.48. The van der Waals surface area contributed by atoms with Crippen molar-refractivity contribution in [3.63, 3.8) is 0 Å². The van der Waals surface area contributed by atoms with Crippen LogP contribution in [0, 0.1) is 17.6 Å². The minimum Gasteiger partial charge on any atom is -0.439 e. The molecule has 5 fully saturated rings. The molecular weight excluding hydrogens is 895 g/mol. The van der Waals surface area contributed by atoms with Gasteiger partial charge in [0.05, 0.1) is 16.5 Å². The zero-order chi connectivity index (χ0) is 48.3. The van der Waals surface area contributed by atoms with Gasteiger partial charge >= 0.3 is 6.09 Å². The number of aromatic nitrogens is 7. The molecule has 1 aliphatic carbocycles. The Morgan fingerprint density at radius 2 is 1.59 bits per heavy atom.